The van der Waals surface area contributed by atoms with Gasteiger partial charge in [0.25, 0.3) is 0 Å². The molecule has 2 aliphatic rings. The fraction of sp³-hybridized carbons (Fsp3) is 0.0204. The summed E-state index contributed by atoms with van der Waals surface area (Å²) >= 11 is 1.92. The number of fused-ring (bicyclic) bond motifs is 13. The molecule has 0 saturated carbocycles. The van der Waals surface area contributed by atoms with E-state index in [9.17, 15) is 0 Å². The van der Waals surface area contributed by atoms with Gasteiger partial charge in [-0.2, -0.15) is 0 Å². The number of rotatable bonds is 2. The molecule has 0 saturated heterocycles. The van der Waals surface area contributed by atoms with E-state index in [-0.39, 0.29) is 0 Å². The summed E-state index contributed by atoms with van der Waals surface area (Å²) in [4.78, 5) is 0. The van der Waals surface area contributed by atoms with Crippen molar-refractivity contribution in [1.29, 1.82) is 0 Å². The Hall–Kier alpha value is -6.02. The van der Waals surface area contributed by atoms with Gasteiger partial charge in [0.05, 0.1) is 5.41 Å². The van der Waals surface area contributed by atoms with Crippen LogP contribution in [0.25, 0.3) is 85.9 Å². The molecular formula is C49H28S. The van der Waals surface area contributed by atoms with Gasteiger partial charge in [-0.15, -0.1) is 11.3 Å². The van der Waals surface area contributed by atoms with Gasteiger partial charge in [0.1, 0.15) is 0 Å². The van der Waals surface area contributed by atoms with Crippen molar-refractivity contribution in [3.8, 4) is 33.4 Å². The SMILES string of the molecule is c1ccc(-c2ccc3c(c2)C2(c4ccccc4-3)c3cccc4c5ccccc5c5cc(-c6cccc7c6sc6ccccc67)cc2c5c34)cc1. The number of thiophene rings is 1. The van der Waals surface area contributed by atoms with Crippen molar-refractivity contribution in [1.82, 2.24) is 0 Å². The lowest BCUT2D eigenvalue weighted by molar-refractivity contribution is 0.797. The van der Waals surface area contributed by atoms with Crippen LogP contribution in [0.4, 0.5) is 0 Å². The van der Waals surface area contributed by atoms with Gasteiger partial charge in [-0.05, 0) is 112 Å². The Morgan fingerprint density at radius 2 is 0.940 bits per heavy atom. The molecule has 0 bridgehead atoms. The molecule has 0 amide bonds. The Labute approximate surface area is 293 Å². The van der Waals surface area contributed by atoms with Crippen molar-refractivity contribution in [3.05, 3.63) is 192 Å². The predicted molar refractivity (Wildman–Crippen MR) is 214 cm³/mol. The fourth-order valence-corrected chi connectivity index (χ4v) is 10.9. The third kappa shape index (κ3) is 3.22. The first-order valence-electron chi connectivity index (χ1n) is 17.4. The molecule has 230 valence electrons. The van der Waals surface area contributed by atoms with Crippen LogP contribution in [-0.4, -0.2) is 0 Å². The lowest BCUT2D eigenvalue weighted by Crippen LogP contribution is -2.26. The second-order valence-corrected chi connectivity index (χ2v) is 15.0. The standard InChI is InChI=1S/C49H28S/c1-2-12-29(13-3-1)30-24-25-36-35-16-6-8-21-41(35)49(43(36)27-30)42-22-11-19-38-33-14-4-5-15-34(33)40-26-31(28-44(49)47(40)46(38)42)32-18-10-20-39-37-17-7-9-23-45(37)50-48(32)39/h1-28H. The lowest BCUT2D eigenvalue weighted by Gasteiger charge is -2.31. The van der Waals surface area contributed by atoms with E-state index in [1.165, 1.54) is 108 Å². The minimum absolute atomic E-state index is 0.446. The average Bonchev–Trinajstić information content (AvgIpc) is 3.82. The van der Waals surface area contributed by atoms with E-state index in [0.29, 0.717) is 0 Å². The normalized spacial score (nSPS) is 15.7. The highest BCUT2D eigenvalue weighted by Gasteiger charge is 2.51. The zero-order valence-electron chi connectivity index (χ0n) is 27.1. The van der Waals surface area contributed by atoms with Crippen LogP contribution >= 0.6 is 11.3 Å². The second kappa shape index (κ2) is 9.57. The summed E-state index contributed by atoms with van der Waals surface area (Å²) in [5.41, 5.74) is 12.9. The first-order valence-corrected chi connectivity index (χ1v) is 18.2. The molecule has 0 fully saturated rings. The molecule has 1 heteroatoms. The van der Waals surface area contributed by atoms with E-state index in [4.69, 9.17) is 0 Å². The van der Waals surface area contributed by atoms with Crippen molar-refractivity contribution < 1.29 is 0 Å². The molecule has 2 aliphatic carbocycles. The van der Waals surface area contributed by atoms with Crippen LogP contribution < -0.4 is 0 Å². The van der Waals surface area contributed by atoms with Crippen molar-refractivity contribution in [2.45, 2.75) is 5.41 Å². The molecular weight excluding hydrogens is 621 g/mol. The molecule has 12 rings (SSSR count). The summed E-state index contributed by atoms with van der Waals surface area (Å²) in [6, 6.07) is 64.1. The summed E-state index contributed by atoms with van der Waals surface area (Å²) in [5.74, 6) is 0. The van der Waals surface area contributed by atoms with Crippen LogP contribution in [0.1, 0.15) is 22.3 Å². The molecule has 1 unspecified atom stereocenters. The molecule has 0 N–H and O–H groups in total. The van der Waals surface area contributed by atoms with Crippen LogP contribution in [-0.2, 0) is 5.41 Å². The average molecular weight is 649 g/mol. The minimum atomic E-state index is -0.446. The Kier molecular flexibility index (Phi) is 5.14. The fourth-order valence-electron chi connectivity index (χ4n) is 9.68. The van der Waals surface area contributed by atoms with E-state index < -0.39 is 5.41 Å². The van der Waals surface area contributed by atoms with Crippen LogP contribution in [0, 0.1) is 0 Å². The third-order valence-electron chi connectivity index (χ3n) is 11.6. The summed E-state index contributed by atoms with van der Waals surface area (Å²) in [6.07, 6.45) is 0. The largest absolute Gasteiger partial charge is 0.135 e. The monoisotopic (exact) mass is 648 g/mol. The lowest BCUT2D eigenvalue weighted by atomic mass is 9.69. The van der Waals surface area contributed by atoms with Gasteiger partial charge >= 0.3 is 0 Å². The van der Waals surface area contributed by atoms with E-state index in [1.54, 1.807) is 0 Å². The maximum absolute atomic E-state index is 2.57. The van der Waals surface area contributed by atoms with Gasteiger partial charge in [0, 0.05) is 20.2 Å². The van der Waals surface area contributed by atoms with Gasteiger partial charge in [-0.3, -0.25) is 0 Å². The summed E-state index contributed by atoms with van der Waals surface area (Å²) in [7, 11) is 0. The first kappa shape index (κ1) is 26.9. The molecule has 1 spiro atoms. The van der Waals surface area contributed by atoms with Gasteiger partial charge in [0.2, 0.25) is 0 Å². The Morgan fingerprint density at radius 1 is 0.320 bits per heavy atom. The zero-order chi connectivity index (χ0) is 32.6. The van der Waals surface area contributed by atoms with Gasteiger partial charge in [-0.25, -0.2) is 0 Å². The first-order chi connectivity index (χ1) is 24.8. The van der Waals surface area contributed by atoms with Crippen molar-refractivity contribution >= 4 is 63.8 Å². The predicted octanol–water partition coefficient (Wildman–Crippen LogP) is 13.5. The Morgan fingerprint density at radius 3 is 1.84 bits per heavy atom. The van der Waals surface area contributed by atoms with Crippen LogP contribution in [0.15, 0.2) is 170 Å². The highest BCUT2D eigenvalue weighted by Crippen LogP contribution is 2.64. The maximum Gasteiger partial charge on any atom is 0.0726 e. The molecule has 0 radical (unpaired) electrons. The topological polar surface area (TPSA) is 0 Å². The molecule has 0 nitrogen and oxygen atoms in total. The highest BCUT2D eigenvalue weighted by molar-refractivity contribution is 7.26. The quantitative estimate of drug-likeness (QED) is 0.164. The number of hydrogen-bond donors (Lipinski definition) is 0. The highest BCUT2D eigenvalue weighted by atomic mass is 32.1. The maximum atomic E-state index is 2.57. The molecule has 1 aromatic heterocycles. The van der Waals surface area contributed by atoms with E-state index >= 15 is 0 Å². The van der Waals surface area contributed by atoms with E-state index in [2.05, 4.69) is 170 Å². The summed E-state index contributed by atoms with van der Waals surface area (Å²) in [5, 5.41) is 10.8. The molecule has 1 atom stereocenters. The minimum Gasteiger partial charge on any atom is -0.135 e. The van der Waals surface area contributed by atoms with Crippen LogP contribution in [0.5, 0.6) is 0 Å². The van der Waals surface area contributed by atoms with Gasteiger partial charge < -0.3 is 0 Å². The van der Waals surface area contributed by atoms with Crippen molar-refractivity contribution in [3.63, 3.8) is 0 Å². The molecule has 10 aromatic rings. The molecule has 0 aliphatic heterocycles. The molecule has 50 heavy (non-hydrogen) atoms. The third-order valence-corrected chi connectivity index (χ3v) is 12.9. The van der Waals surface area contributed by atoms with E-state index in [0.717, 1.165) is 0 Å². The van der Waals surface area contributed by atoms with Crippen molar-refractivity contribution in [2.75, 3.05) is 0 Å². The van der Waals surface area contributed by atoms with Crippen molar-refractivity contribution in [2.24, 2.45) is 0 Å². The Balaban J connectivity index is 1.28. The van der Waals surface area contributed by atoms with Crippen LogP contribution in [0.2, 0.25) is 0 Å². The van der Waals surface area contributed by atoms with Crippen LogP contribution in [0.3, 0.4) is 0 Å². The summed E-state index contributed by atoms with van der Waals surface area (Å²) in [6.45, 7) is 0. The molecule has 9 aromatic carbocycles. The van der Waals surface area contributed by atoms with Gasteiger partial charge in [0.15, 0.2) is 0 Å². The summed E-state index contributed by atoms with van der Waals surface area (Å²) < 4.78 is 2.69. The smallest absolute Gasteiger partial charge is 0.0726 e. The second-order valence-electron chi connectivity index (χ2n) is 13.9. The Bertz CT molecular complexity index is 3090. The zero-order valence-corrected chi connectivity index (χ0v) is 27.9. The van der Waals surface area contributed by atoms with E-state index in [1.807, 2.05) is 11.3 Å². The number of benzene rings is 9. The molecule has 1 heterocycles. The van der Waals surface area contributed by atoms with Gasteiger partial charge in [-0.1, -0.05) is 146 Å². The number of hydrogen-bond acceptors (Lipinski definition) is 1.